The Hall–Kier alpha value is -1.06. The molecule has 0 radical (unpaired) electrons. The molecule has 15 heavy (non-hydrogen) atoms. The van der Waals surface area contributed by atoms with E-state index in [0.29, 0.717) is 5.92 Å². The lowest BCUT2D eigenvalue weighted by atomic mass is 9.84. The quantitative estimate of drug-likeness (QED) is 0.702. The topological polar surface area (TPSA) is 55.4 Å². The van der Waals surface area contributed by atoms with Gasteiger partial charge in [-0.25, -0.2) is 0 Å². The SMILES string of the molecule is CC(=O)N[C@@H]1CC[C@H](OC(C)=O)C(C)C1. The third kappa shape index (κ3) is 3.90. The summed E-state index contributed by atoms with van der Waals surface area (Å²) in [5.41, 5.74) is 0. The first kappa shape index (κ1) is 12.0. The van der Waals surface area contributed by atoms with Crippen LogP contribution in [0.3, 0.4) is 0 Å². The molecule has 1 unspecified atom stereocenters. The lowest BCUT2D eigenvalue weighted by Crippen LogP contribution is -2.42. The highest BCUT2D eigenvalue weighted by Crippen LogP contribution is 2.26. The average molecular weight is 213 g/mol. The molecule has 0 aromatic carbocycles. The summed E-state index contributed by atoms with van der Waals surface area (Å²) in [6.45, 7) is 5.02. The van der Waals surface area contributed by atoms with Crippen LogP contribution in [-0.2, 0) is 14.3 Å². The molecular formula is C11H19NO3. The number of hydrogen-bond acceptors (Lipinski definition) is 3. The summed E-state index contributed by atoms with van der Waals surface area (Å²) >= 11 is 0. The second-order valence-corrected chi connectivity index (χ2v) is 4.34. The molecule has 1 amide bonds. The Morgan fingerprint density at radius 3 is 2.40 bits per heavy atom. The van der Waals surface area contributed by atoms with Crippen molar-refractivity contribution in [1.29, 1.82) is 0 Å². The first-order chi connectivity index (χ1) is 6.99. The highest BCUT2D eigenvalue weighted by atomic mass is 16.5. The number of amides is 1. The van der Waals surface area contributed by atoms with Crippen molar-refractivity contribution in [3.63, 3.8) is 0 Å². The van der Waals surface area contributed by atoms with Gasteiger partial charge in [0.15, 0.2) is 0 Å². The normalized spacial score (nSPS) is 30.7. The molecule has 0 aliphatic heterocycles. The fraction of sp³-hybridized carbons (Fsp3) is 0.818. The van der Waals surface area contributed by atoms with Crippen molar-refractivity contribution in [2.45, 2.75) is 52.2 Å². The summed E-state index contributed by atoms with van der Waals surface area (Å²) in [6.07, 6.45) is 2.64. The summed E-state index contributed by atoms with van der Waals surface area (Å²) in [5, 5.41) is 2.91. The van der Waals surface area contributed by atoms with E-state index in [9.17, 15) is 9.59 Å². The highest BCUT2D eigenvalue weighted by Gasteiger charge is 2.29. The molecule has 1 fully saturated rings. The van der Waals surface area contributed by atoms with Crippen LogP contribution in [0.1, 0.15) is 40.0 Å². The Kier molecular flexibility index (Phi) is 4.12. The van der Waals surface area contributed by atoms with Gasteiger partial charge < -0.3 is 10.1 Å². The molecule has 1 aliphatic rings. The molecule has 0 heterocycles. The van der Waals surface area contributed by atoms with Gasteiger partial charge in [-0.2, -0.15) is 0 Å². The van der Waals surface area contributed by atoms with E-state index in [1.807, 2.05) is 0 Å². The first-order valence-electron chi connectivity index (χ1n) is 5.43. The second kappa shape index (κ2) is 5.14. The van der Waals surface area contributed by atoms with Gasteiger partial charge in [0.05, 0.1) is 0 Å². The maximum absolute atomic E-state index is 10.9. The molecule has 0 saturated heterocycles. The number of carbonyl (C=O) groups is 2. The minimum atomic E-state index is -0.218. The molecule has 1 aliphatic carbocycles. The van der Waals surface area contributed by atoms with Gasteiger partial charge in [0, 0.05) is 19.9 Å². The van der Waals surface area contributed by atoms with Gasteiger partial charge in [0.25, 0.3) is 0 Å². The van der Waals surface area contributed by atoms with Crippen LogP contribution in [0.4, 0.5) is 0 Å². The van der Waals surface area contributed by atoms with Crippen LogP contribution < -0.4 is 5.32 Å². The number of hydrogen-bond donors (Lipinski definition) is 1. The molecule has 1 saturated carbocycles. The predicted molar refractivity (Wildman–Crippen MR) is 56.2 cm³/mol. The lowest BCUT2D eigenvalue weighted by molar-refractivity contribution is -0.151. The Morgan fingerprint density at radius 2 is 1.93 bits per heavy atom. The van der Waals surface area contributed by atoms with E-state index in [2.05, 4.69) is 12.2 Å². The van der Waals surface area contributed by atoms with Crippen molar-refractivity contribution in [3.8, 4) is 0 Å². The van der Waals surface area contributed by atoms with Crippen molar-refractivity contribution in [2.75, 3.05) is 0 Å². The predicted octanol–water partition coefficient (Wildman–Crippen LogP) is 1.24. The molecule has 0 spiro atoms. The van der Waals surface area contributed by atoms with E-state index in [0.717, 1.165) is 19.3 Å². The third-order valence-corrected chi connectivity index (χ3v) is 2.82. The van der Waals surface area contributed by atoms with Gasteiger partial charge in [0.1, 0.15) is 6.10 Å². The molecule has 1 rings (SSSR count). The van der Waals surface area contributed by atoms with Gasteiger partial charge in [-0.1, -0.05) is 6.92 Å². The zero-order valence-corrected chi connectivity index (χ0v) is 9.58. The number of rotatable bonds is 2. The zero-order chi connectivity index (χ0) is 11.4. The van der Waals surface area contributed by atoms with Crippen LogP contribution in [0.25, 0.3) is 0 Å². The van der Waals surface area contributed by atoms with E-state index in [1.165, 1.54) is 13.8 Å². The van der Waals surface area contributed by atoms with Crippen LogP contribution in [0.2, 0.25) is 0 Å². The van der Waals surface area contributed by atoms with Crippen LogP contribution in [0.5, 0.6) is 0 Å². The first-order valence-corrected chi connectivity index (χ1v) is 5.43. The fourth-order valence-corrected chi connectivity index (χ4v) is 2.18. The van der Waals surface area contributed by atoms with E-state index < -0.39 is 0 Å². The lowest BCUT2D eigenvalue weighted by Gasteiger charge is -2.33. The monoisotopic (exact) mass is 213 g/mol. The molecule has 0 bridgehead atoms. The Balaban J connectivity index is 2.40. The Labute approximate surface area is 90.4 Å². The van der Waals surface area contributed by atoms with Crippen molar-refractivity contribution >= 4 is 11.9 Å². The summed E-state index contributed by atoms with van der Waals surface area (Å²) in [4.78, 5) is 21.7. The van der Waals surface area contributed by atoms with E-state index in [-0.39, 0.29) is 24.0 Å². The van der Waals surface area contributed by atoms with E-state index in [1.54, 1.807) is 0 Å². The van der Waals surface area contributed by atoms with E-state index >= 15 is 0 Å². The fourth-order valence-electron chi connectivity index (χ4n) is 2.18. The van der Waals surface area contributed by atoms with Crippen LogP contribution >= 0.6 is 0 Å². The molecule has 4 nitrogen and oxygen atoms in total. The van der Waals surface area contributed by atoms with Crippen molar-refractivity contribution in [3.05, 3.63) is 0 Å². The number of nitrogens with one attached hydrogen (secondary N) is 1. The van der Waals surface area contributed by atoms with Crippen LogP contribution in [-0.4, -0.2) is 24.0 Å². The molecule has 3 atom stereocenters. The average Bonchev–Trinajstić information content (AvgIpc) is 2.08. The summed E-state index contributed by atoms with van der Waals surface area (Å²) in [5.74, 6) is 0.113. The van der Waals surface area contributed by atoms with Crippen molar-refractivity contribution in [2.24, 2.45) is 5.92 Å². The Bertz CT molecular complexity index is 252. The van der Waals surface area contributed by atoms with Gasteiger partial charge in [-0.15, -0.1) is 0 Å². The van der Waals surface area contributed by atoms with Crippen molar-refractivity contribution in [1.82, 2.24) is 5.32 Å². The molecule has 1 N–H and O–H groups in total. The van der Waals surface area contributed by atoms with Gasteiger partial charge >= 0.3 is 5.97 Å². The van der Waals surface area contributed by atoms with Crippen LogP contribution in [0, 0.1) is 5.92 Å². The standard InChI is InChI=1S/C11H19NO3/c1-7-6-10(12-8(2)13)4-5-11(7)15-9(3)14/h7,10-11H,4-6H2,1-3H3,(H,12,13)/t7?,10-,11+/m1/s1. The zero-order valence-electron chi connectivity index (χ0n) is 9.58. The van der Waals surface area contributed by atoms with Gasteiger partial charge in [-0.3, -0.25) is 9.59 Å². The molecular weight excluding hydrogens is 194 g/mol. The molecule has 86 valence electrons. The highest BCUT2D eigenvalue weighted by molar-refractivity contribution is 5.73. The maximum Gasteiger partial charge on any atom is 0.302 e. The number of ether oxygens (including phenoxy) is 1. The number of esters is 1. The Morgan fingerprint density at radius 1 is 1.27 bits per heavy atom. The summed E-state index contributed by atoms with van der Waals surface area (Å²) in [6, 6.07) is 0.240. The molecule has 0 aromatic heterocycles. The van der Waals surface area contributed by atoms with E-state index in [4.69, 9.17) is 4.74 Å². The smallest absolute Gasteiger partial charge is 0.302 e. The summed E-state index contributed by atoms with van der Waals surface area (Å²) in [7, 11) is 0. The van der Waals surface area contributed by atoms with Gasteiger partial charge in [0.2, 0.25) is 5.91 Å². The maximum atomic E-state index is 10.9. The third-order valence-electron chi connectivity index (χ3n) is 2.82. The molecule has 0 aromatic rings. The largest absolute Gasteiger partial charge is 0.462 e. The van der Waals surface area contributed by atoms with Gasteiger partial charge in [-0.05, 0) is 25.2 Å². The summed E-state index contributed by atoms with van der Waals surface area (Å²) < 4.78 is 5.21. The molecule has 4 heteroatoms. The van der Waals surface area contributed by atoms with Crippen LogP contribution in [0.15, 0.2) is 0 Å². The minimum Gasteiger partial charge on any atom is -0.462 e. The van der Waals surface area contributed by atoms with Crippen molar-refractivity contribution < 1.29 is 14.3 Å². The second-order valence-electron chi connectivity index (χ2n) is 4.34. The number of carbonyl (C=O) groups excluding carboxylic acids is 2. The minimum absolute atomic E-state index is 0.0122.